The van der Waals surface area contributed by atoms with Crippen molar-refractivity contribution in [2.45, 2.75) is 0 Å². The van der Waals surface area contributed by atoms with E-state index in [1.807, 2.05) is 127 Å². The first-order valence-electron chi connectivity index (χ1n) is 14.0. The van der Waals surface area contributed by atoms with E-state index in [1.54, 1.807) is 50.1 Å². The van der Waals surface area contributed by atoms with Crippen LogP contribution in [-0.2, 0) is 21.1 Å². The summed E-state index contributed by atoms with van der Waals surface area (Å²) in [7, 11) is 3.95. The van der Waals surface area contributed by atoms with Gasteiger partial charge in [0, 0.05) is 61.1 Å². The van der Waals surface area contributed by atoms with Gasteiger partial charge in [-0.05, 0) is 61.6 Å². The third-order valence-corrected chi connectivity index (χ3v) is 7.35. The van der Waals surface area contributed by atoms with Crippen molar-refractivity contribution in [1.82, 2.24) is 48.0 Å². The SMILES string of the molecule is CN1C=CN(c2[c-]c(Oc3[c-]c(N4C=CN(C)[CH-]4)c(-n4ccnc4)cc3-n3ccnc3)c(-n3ccnc3)cc2-n2ccnc2)[CH-]1.[Pt+4]. The smallest absolute Gasteiger partial charge is 0.510 e. The molecule has 0 bridgehead atoms. The molecule has 0 amide bonds. The van der Waals surface area contributed by atoms with E-state index in [-0.39, 0.29) is 21.1 Å². The average molecular weight is 790 g/mol. The summed E-state index contributed by atoms with van der Waals surface area (Å²) in [4.78, 5) is 25.1. The molecule has 0 atom stereocenters. The van der Waals surface area contributed by atoms with Crippen LogP contribution >= 0.6 is 0 Å². The van der Waals surface area contributed by atoms with E-state index in [9.17, 15) is 0 Å². The number of hydrogen-bond acceptors (Lipinski definition) is 9. The Morgan fingerprint density at radius 1 is 0.543 bits per heavy atom. The van der Waals surface area contributed by atoms with Crippen molar-refractivity contribution in [3.63, 3.8) is 0 Å². The number of imidazole rings is 4. The van der Waals surface area contributed by atoms with Gasteiger partial charge in [0.25, 0.3) is 0 Å². The topological polar surface area (TPSA) is 93.5 Å². The van der Waals surface area contributed by atoms with Crippen LogP contribution in [0.3, 0.4) is 0 Å². The van der Waals surface area contributed by atoms with Crippen LogP contribution < -0.4 is 14.5 Å². The van der Waals surface area contributed by atoms with Gasteiger partial charge in [0.05, 0.1) is 25.3 Å². The number of aromatic nitrogens is 8. The van der Waals surface area contributed by atoms with E-state index in [4.69, 9.17) is 4.74 Å². The Kier molecular flexibility index (Phi) is 7.67. The molecule has 0 saturated heterocycles. The molecule has 0 saturated carbocycles. The summed E-state index contributed by atoms with van der Waals surface area (Å²) >= 11 is 0. The molecule has 2 aliphatic heterocycles. The second-order valence-electron chi connectivity index (χ2n) is 10.4. The summed E-state index contributed by atoms with van der Waals surface area (Å²) in [5.74, 6) is 0.945. The summed E-state index contributed by atoms with van der Waals surface area (Å²) in [6, 6.07) is 11.2. The molecule has 13 nitrogen and oxygen atoms in total. The first-order chi connectivity index (χ1) is 22.1. The number of benzene rings is 2. The normalized spacial score (nSPS) is 14.0. The fourth-order valence-corrected chi connectivity index (χ4v) is 5.20. The zero-order valence-electron chi connectivity index (χ0n) is 24.6. The van der Waals surface area contributed by atoms with Crippen molar-refractivity contribution >= 4 is 11.4 Å². The number of ether oxygens (including phenoxy) is 1. The Hall–Kier alpha value is -5.55. The van der Waals surface area contributed by atoms with Crippen molar-refractivity contribution in [2.75, 3.05) is 23.9 Å². The van der Waals surface area contributed by atoms with Crippen LogP contribution in [0.5, 0.6) is 11.5 Å². The zero-order valence-corrected chi connectivity index (χ0v) is 26.9. The van der Waals surface area contributed by atoms with Crippen molar-refractivity contribution in [2.24, 2.45) is 0 Å². The molecule has 2 aromatic carbocycles. The Morgan fingerprint density at radius 3 is 1.22 bits per heavy atom. The summed E-state index contributed by atoms with van der Waals surface area (Å²) in [5, 5.41) is 0. The van der Waals surface area contributed by atoms with Gasteiger partial charge < -0.3 is 42.6 Å². The van der Waals surface area contributed by atoms with Crippen LogP contribution in [0.4, 0.5) is 11.4 Å². The van der Waals surface area contributed by atoms with Gasteiger partial charge in [0.1, 0.15) is 0 Å². The van der Waals surface area contributed by atoms with E-state index >= 15 is 0 Å². The van der Waals surface area contributed by atoms with Crippen molar-refractivity contribution in [3.8, 4) is 34.2 Å². The predicted molar refractivity (Wildman–Crippen MR) is 166 cm³/mol. The molecule has 0 spiro atoms. The van der Waals surface area contributed by atoms with Crippen molar-refractivity contribution in [1.29, 1.82) is 0 Å². The molecular weight excluding hydrogens is 764 g/mol. The van der Waals surface area contributed by atoms with Crippen molar-refractivity contribution in [3.05, 3.63) is 137 Å². The molecule has 8 rings (SSSR count). The first-order valence-corrected chi connectivity index (χ1v) is 14.0. The molecule has 0 radical (unpaired) electrons. The van der Waals surface area contributed by atoms with E-state index in [1.165, 1.54) is 0 Å². The van der Waals surface area contributed by atoms with Crippen LogP contribution in [0.15, 0.2) is 112 Å². The second kappa shape index (κ2) is 12.1. The summed E-state index contributed by atoms with van der Waals surface area (Å²) in [6.45, 7) is 3.94. The van der Waals surface area contributed by atoms with Crippen molar-refractivity contribution < 1.29 is 25.8 Å². The molecule has 0 unspecified atom stereocenters. The second-order valence-corrected chi connectivity index (χ2v) is 10.4. The van der Waals surface area contributed by atoms with Crippen LogP contribution in [0.1, 0.15) is 0 Å². The quantitative estimate of drug-likeness (QED) is 0.207. The van der Waals surface area contributed by atoms with Gasteiger partial charge in [-0.1, -0.05) is 11.4 Å². The van der Waals surface area contributed by atoms with Crippen LogP contribution in [0.2, 0.25) is 0 Å². The molecule has 0 N–H and O–H groups in total. The van der Waals surface area contributed by atoms with E-state index in [0.717, 1.165) is 34.1 Å². The summed E-state index contributed by atoms with van der Waals surface area (Å²) in [5.41, 5.74) is 4.71. The minimum atomic E-state index is 0. The Balaban J connectivity index is 0.00000338. The van der Waals surface area contributed by atoms with Gasteiger partial charge in [-0.15, -0.1) is 24.3 Å². The molecule has 46 heavy (non-hydrogen) atoms. The Labute approximate surface area is 279 Å². The zero-order chi connectivity index (χ0) is 30.3. The van der Waals surface area contributed by atoms with E-state index < -0.39 is 0 Å². The number of anilines is 2. The molecule has 6 heterocycles. The van der Waals surface area contributed by atoms with Gasteiger partial charge in [-0.25, -0.2) is 19.9 Å². The molecule has 4 aromatic heterocycles. The van der Waals surface area contributed by atoms with Crippen LogP contribution in [0.25, 0.3) is 22.7 Å². The Bertz CT molecular complexity index is 1840. The van der Waals surface area contributed by atoms with Gasteiger partial charge in [-0.2, -0.15) is 13.3 Å². The first kappa shape index (κ1) is 29.2. The van der Waals surface area contributed by atoms with Crippen LogP contribution in [0, 0.1) is 25.5 Å². The molecule has 14 heteroatoms. The molecular formula is C32H26N12OPt. The maximum Gasteiger partial charge on any atom is 4.00 e. The number of nitrogens with zero attached hydrogens (tertiary/aromatic N) is 12. The fraction of sp³-hybridized carbons (Fsp3) is 0.0625. The molecule has 2 aliphatic rings. The molecule has 6 aromatic rings. The van der Waals surface area contributed by atoms with Gasteiger partial charge >= 0.3 is 21.1 Å². The fourth-order valence-electron chi connectivity index (χ4n) is 5.20. The number of rotatable bonds is 8. The minimum Gasteiger partial charge on any atom is -0.510 e. The van der Waals surface area contributed by atoms with E-state index in [2.05, 4.69) is 32.1 Å². The molecule has 230 valence electrons. The standard InChI is InChI=1S/C32H26N12O.Pt/c1-37-11-13-43(23-37)27-17-31(29(41-9-5-35-21-41)15-25(27)39-7-3-33-19-39)45-32-18-28(44-14-12-38(2)24-44)26(40-8-4-34-20-40)16-30(32)42-10-6-36-22-42;/h3-16,19-24H,1-2H3;/q-4;+4. The van der Waals surface area contributed by atoms with Crippen LogP contribution in [-0.4, -0.2) is 62.1 Å². The van der Waals surface area contributed by atoms with Gasteiger partial charge in [-0.3, -0.25) is 0 Å². The summed E-state index contributed by atoms with van der Waals surface area (Å²) < 4.78 is 14.6. The largest absolute Gasteiger partial charge is 4.00 e. The molecule has 0 aliphatic carbocycles. The monoisotopic (exact) mass is 789 g/mol. The van der Waals surface area contributed by atoms with Gasteiger partial charge in [0.15, 0.2) is 0 Å². The minimum absolute atomic E-state index is 0. The van der Waals surface area contributed by atoms with E-state index in [0.29, 0.717) is 11.5 Å². The third kappa shape index (κ3) is 5.34. The maximum absolute atomic E-state index is 6.87. The summed E-state index contributed by atoms with van der Waals surface area (Å²) in [6.07, 6.45) is 29.4. The van der Waals surface area contributed by atoms with Gasteiger partial charge in [0.2, 0.25) is 0 Å². The predicted octanol–water partition coefficient (Wildman–Crippen LogP) is 4.50. The third-order valence-electron chi connectivity index (χ3n) is 7.35. The molecule has 0 fully saturated rings. The Morgan fingerprint density at radius 2 is 0.913 bits per heavy atom. The number of hydrogen-bond donors (Lipinski definition) is 0. The average Bonchev–Trinajstić information content (AvgIpc) is 3.89. The maximum atomic E-state index is 6.87.